The number of pyridine rings is 1. The summed E-state index contributed by atoms with van der Waals surface area (Å²) >= 11 is 0. The van der Waals surface area contributed by atoms with Crippen LogP contribution in [-0.2, 0) is 16.5 Å². The Kier molecular flexibility index (Phi) is 9.20. The Morgan fingerprint density at radius 1 is 1.21 bits per heavy atom. The first-order valence-electron chi connectivity index (χ1n) is 8.17. The van der Waals surface area contributed by atoms with Crippen LogP contribution in [0, 0.1) is 0 Å². The molecule has 0 spiro atoms. The van der Waals surface area contributed by atoms with Crippen LogP contribution in [0.15, 0.2) is 60.2 Å². The SMILES string of the molecule is CC(C)=CCC/C(C)=C/CO/C=C/COC(=O)c1ccc[n+](C)c1. The van der Waals surface area contributed by atoms with Gasteiger partial charge < -0.3 is 9.47 Å². The molecule has 1 aromatic heterocycles. The van der Waals surface area contributed by atoms with Crippen molar-refractivity contribution in [3.63, 3.8) is 0 Å². The molecule has 0 atom stereocenters. The molecule has 0 aliphatic heterocycles. The molecule has 0 bridgehead atoms. The summed E-state index contributed by atoms with van der Waals surface area (Å²) in [6.07, 6.45) is 13.3. The van der Waals surface area contributed by atoms with Crippen LogP contribution in [0.5, 0.6) is 0 Å². The smallest absolute Gasteiger partial charge is 0.344 e. The first kappa shape index (κ1) is 19.7. The third kappa shape index (κ3) is 8.93. The highest BCUT2D eigenvalue weighted by atomic mass is 16.5. The minimum atomic E-state index is -0.342. The lowest BCUT2D eigenvalue weighted by atomic mass is 10.1. The quantitative estimate of drug-likeness (QED) is 0.227. The summed E-state index contributed by atoms with van der Waals surface area (Å²) in [5, 5.41) is 0. The van der Waals surface area contributed by atoms with Crippen molar-refractivity contribution in [1.82, 2.24) is 0 Å². The zero-order valence-corrected chi connectivity index (χ0v) is 15.1. The molecule has 1 heterocycles. The van der Waals surface area contributed by atoms with E-state index in [-0.39, 0.29) is 12.6 Å². The number of carbonyl (C=O) groups excluding carboxylic acids is 1. The van der Waals surface area contributed by atoms with Crippen molar-refractivity contribution in [3.05, 3.63) is 65.7 Å². The highest BCUT2D eigenvalue weighted by Gasteiger charge is 2.09. The fourth-order valence-electron chi connectivity index (χ4n) is 1.96. The summed E-state index contributed by atoms with van der Waals surface area (Å²) in [4.78, 5) is 11.8. The molecule has 0 fully saturated rings. The Labute approximate surface area is 145 Å². The van der Waals surface area contributed by atoms with Gasteiger partial charge in [0.1, 0.15) is 25.8 Å². The second-order valence-electron chi connectivity index (χ2n) is 5.93. The molecule has 4 nitrogen and oxygen atoms in total. The molecule has 0 aromatic carbocycles. The number of esters is 1. The van der Waals surface area contributed by atoms with E-state index in [1.165, 1.54) is 11.1 Å². The summed E-state index contributed by atoms with van der Waals surface area (Å²) in [6.45, 7) is 7.04. The summed E-state index contributed by atoms with van der Waals surface area (Å²) in [5.74, 6) is -0.342. The molecule has 1 rings (SSSR count). The maximum Gasteiger partial charge on any atom is 0.344 e. The van der Waals surface area contributed by atoms with Crippen LogP contribution in [0.3, 0.4) is 0 Å². The van der Waals surface area contributed by atoms with E-state index < -0.39 is 0 Å². The summed E-state index contributed by atoms with van der Waals surface area (Å²) in [5.41, 5.74) is 3.19. The van der Waals surface area contributed by atoms with E-state index in [1.807, 2.05) is 23.9 Å². The van der Waals surface area contributed by atoms with Gasteiger partial charge in [0.2, 0.25) is 0 Å². The Bertz CT molecular complexity index is 611. The maximum atomic E-state index is 11.8. The molecular weight excluding hydrogens is 302 g/mol. The molecule has 0 N–H and O–H groups in total. The van der Waals surface area contributed by atoms with Crippen LogP contribution >= 0.6 is 0 Å². The van der Waals surface area contributed by atoms with E-state index in [0.717, 1.165) is 12.8 Å². The topological polar surface area (TPSA) is 39.4 Å². The molecule has 0 aliphatic carbocycles. The lowest BCUT2D eigenvalue weighted by molar-refractivity contribution is -0.671. The standard InChI is InChI=1S/C20H28NO3/c1-17(2)8-5-9-18(3)11-15-23-13-7-14-24-20(22)19-10-6-12-21(4)16-19/h6-8,10-13,16H,5,9,14-15H2,1-4H3/q+1/b13-7+,18-11+. The second-order valence-corrected chi connectivity index (χ2v) is 5.93. The van der Waals surface area contributed by atoms with Crippen molar-refractivity contribution < 1.29 is 18.8 Å². The first-order chi connectivity index (χ1) is 11.5. The summed E-state index contributed by atoms with van der Waals surface area (Å²) < 4.78 is 12.3. The highest BCUT2D eigenvalue weighted by molar-refractivity contribution is 5.88. The minimum Gasteiger partial charge on any atom is -0.497 e. The van der Waals surface area contributed by atoms with Crippen LogP contribution in [0.4, 0.5) is 0 Å². The van der Waals surface area contributed by atoms with E-state index in [9.17, 15) is 4.79 Å². The monoisotopic (exact) mass is 330 g/mol. The van der Waals surface area contributed by atoms with Crippen molar-refractivity contribution in [1.29, 1.82) is 0 Å². The van der Waals surface area contributed by atoms with Gasteiger partial charge in [0, 0.05) is 6.07 Å². The molecule has 130 valence electrons. The third-order valence-electron chi connectivity index (χ3n) is 3.30. The minimum absolute atomic E-state index is 0.195. The summed E-state index contributed by atoms with van der Waals surface area (Å²) in [7, 11) is 1.86. The molecule has 0 amide bonds. The largest absolute Gasteiger partial charge is 0.497 e. The molecule has 0 saturated carbocycles. The van der Waals surface area contributed by atoms with Gasteiger partial charge >= 0.3 is 5.97 Å². The predicted octanol–water partition coefficient (Wildman–Crippen LogP) is 3.89. The summed E-state index contributed by atoms with van der Waals surface area (Å²) in [6, 6.07) is 3.53. The molecule has 24 heavy (non-hydrogen) atoms. The third-order valence-corrected chi connectivity index (χ3v) is 3.30. The van der Waals surface area contributed by atoms with Crippen LogP contribution < -0.4 is 4.57 Å². The first-order valence-corrected chi connectivity index (χ1v) is 8.17. The number of ether oxygens (including phenoxy) is 2. The molecular formula is C20H28NO3+. The van der Waals surface area contributed by atoms with Crippen molar-refractivity contribution >= 4 is 5.97 Å². The van der Waals surface area contributed by atoms with E-state index >= 15 is 0 Å². The fraction of sp³-hybridized carbons (Fsp3) is 0.400. The Balaban J connectivity index is 2.19. The number of hydrogen-bond donors (Lipinski definition) is 0. The van der Waals surface area contributed by atoms with Gasteiger partial charge in [0.25, 0.3) is 0 Å². The Hall–Kier alpha value is -2.36. The van der Waals surface area contributed by atoms with Crippen molar-refractivity contribution in [3.8, 4) is 0 Å². The normalized spacial score (nSPS) is 11.4. The Morgan fingerprint density at radius 3 is 2.71 bits per heavy atom. The zero-order valence-electron chi connectivity index (χ0n) is 15.1. The van der Waals surface area contributed by atoms with Gasteiger partial charge in [-0.1, -0.05) is 17.2 Å². The maximum absolute atomic E-state index is 11.8. The van der Waals surface area contributed by atoms with Gasteiger partial charge in [-0.15, -0.1) is 0 Å². The molecule has 0 aliphatic rings. The van der Waals surface area contributed by atoms with Crippen molar-refractivity contribution in [2.45, 2.75) is 33.6 Å². The number of rotatable bonds is 9. The number of allylic oxidation sites excluding steroid dienone is 3. The molecule has 4 heteroatoms. The number of nitrogens with zero attached hydrogens (tertiary/aromatic N) is 1. The van der Waals surface area contributed by atoms with Gasteiger partial charge in [-0.2, -0.15) is 0 Å². The van der Waals surface area contributed by atoms with Gasteiger partial charge in [-0.05, 0) is 51.8 Å². The van der Waals surface area contributed by atoms with Crippen LogP contribution in [0.25, 0.3) is 0 Å². The van der Waals surface area contributed by atoms with Crippen molar-refractivity contribution in [2.75, 3.05) is 13.2 Å². The number of hydrogen-bond acceptors (Lipinski definition) is 3. The highest BCUT2D eigenvalue weighted by Crippen LogP contribution is 2.06. The van der Waals surface area contributed by atoms with E-state index in [0.29, 0.717) is 12.2 Å². The van der Waals surface area contributed by atoms with E-state index in [2.05, 4.69) is 32.9 Å². The van der Waals surface area contributed by atoms with Gasteiger partial charge in [-0.25, -0.2) is 9.36 Å². The Morgan fingerprint density at radius 2 is 2.00 bits per heavy atom. The molecule has 0 unspecified atom stereocenters. The van der Waals surface area contributed by atoms with Crippen LogP contribution in [-0.4, -0.2) is 19.2 Å². The van der Waals surface area contributed by atoms with Gasteiger partial charge in [0.05, 0.1) is 6.26 Å². The number of aryl methyl sites for hydroxylation is 1. The predicted molar refractivity (Wildman–Crippen MR) is 95.4 cm³/mol. The second kappa shape index (κ2) is 11.2. The van der Waals surface area contributed by atoms with Crippen LogP contribution in [0.2, 0.25) is 0 Å². The van der Waals surface area contributed by atoms with Gasteiger partial charge in [0.15, 0.2) is 12.4 Å². The average Bonchev–Trinajstić information content (AvgIpc) is 2.53. The van der Waals surface area contributed by atoms with Crippen molar-refractivity contribution in [2.24, 2.45) is 7.05 Å². The lowest BCUT2D eigenvalue weighted by Crippen LogP contribution is -2.28. The number of aromatic nitrogens is 1. The average molecular weight is 330 g/mol. The molecule has 1 aromatic rings. The van der Waals surface area contributed by atoms with Gasteiger partial charge in [-0.3, -0.25) is 0 Å². The zero-order chi connectivity index (χ0) is 17.8. The fourth-order valence-corrected chi connectivity index (χ4v) is 1.96. The molecule has 0 radical (unpaired) electrons. The molecule has 0 saturated heterocycles. The van der Waals surface area contributed by atoms with Crippen LogP contribution in [0.1, 0.15) is 44.0 Å². The number of carbonyl (C=O) groups is 1. The van der Waals surface area contributed by atoms with E-state index in [1.54, 1.807) is 24.6 Å². The lowest BCUT2D eigenvalue weighted by Gasteiger charge is -2.01. The van der Waals surface area contributed by atoms with E-state index in [4.69, 9.17) is 9.47 Å².